The molecule has 1 aliphatic heterocycles. The molecule has 0 spiro atoms. The van der Waals surface area contributed by atoms with E-state index < -0.39 is 6.67 Å². The van der Waals surface area contributed by atoms with Crippen LogP contribution in [0.1, 0.15) is 10.5 Å². The van der Waals surface area contributed by atoms with Crippen molar-refractivity contribution in [1.82, 2.24) is 4.98 Å². The van der Waals surface area contributed by atoms with Gasteiger partial charge < -0.3 is 15.8 Å². The quantitative estimate of drug-likeness (QED) is 0.854. The second-order valence-corrected chi connectivity index (χ2v) is 5.70. The first-order chi connectivity index (χ1) is 12.5. The van der Waals surface area contributed by atoms with Gasteiger partial charge in [-0.25, -0.2) is 13.8 Å². The molecule has 1 amide bonds. The van der Waals surface area contributed by atoms with Crippen LogP contribution in [0.25, 0.3) is 0 Å². The fraction of sp³-hybridized carbons (Fsp3) is 0.235. The summed E-state index contributed by atoms with van der Waals surface area (Å²) in [6.45, 7) is 0.217. The van der Waals surface area contributed by atoms with Gasteiger partial charge in [0.05, 0.1) is 11.6 Å². The number of halogens is 3. The molecule has 3 N–H and O–H groups in total. The zero-order chi connectivity index (χ0) is 18.9. The van der Waals surface area contributed by atoms with E-state index in [0.29, 0.717) is 29.8 Å². The number of carbonyl (C=O) groups excluding carboxylic acids is 1. The molecule has 1 atom stereocenters. The van der Waals surface area contributed by atoms with Crippen LogP contribution in [0.15, 0.2) is 47.6 Å². The summed E-state index contributed by atoms with van der Waals surface area (Å²) in [6, 6.07) is 8.22. The first-order valence-electron chi connectivity index (χ1n) is 7.62. The lowest BCUT2D eigenvalue weighted by Gasteiger charge is -2.15. The number of amides is 1. The molecular formula is C17H17ClF2N4O2. The lowest BCUT2D eigenvalue weighted by atomic mass is 10.3. The highest BCUT2D eigenvalue weighted by Crippen LogP contribution is 2.11. The second kappa shape index (κ2) is 9.79. The van der Waals surface area contributed by atoms with Crippen molar-refractivity contribution in [3.63, 3.8) is 0 Å². The highest BCUT2D eigenvalue weighted by molar-refractivity contribution is 6.30. The number of rotatable bonds is 3. The van der Waals surface area contributed by atoms with Crippen LogP contribution < -0.4 is 11.1 Å². The summed E-state index contributed by atoms with van der Waals surface area (Å²) in [4.78, 5) is 19.4. The molecule has 1 aromatic heterocycles. The number of anilines is 1. The molecule has 138 valence electrons. The summed E-state index contributed by atoms with van der Waals surface area (Å²) in [5, 5.41) is 3.06. The topological polar surface area (TPSA) is 89.6 Å². The zero-order valence-electron chi connectivity index (χ0n) is 13.7. The van der Waals surface area contributed by atoms with E-state index >= 15 is 0 Å². The average molecular weight is 383 g/mol. The Bertz CT molecular complexity index is 754. The number of alkyl halides is 1. The van der Waals surface area contributed by atoms with Crippen molar-refractivity contribution in [1.29, 1.82) is 0 Å². The maximum absolute atomic E-state index is 12.7. The van der Waals surface area contributed by atoms with Gasteiger partial charge in [0, 0.05) is 11.9 Å². The summed E-state index contributed by atoms with van der Waals surface area (Å²) >= 11 is 5.66. The summed E-state index contributed by atoms with van der Waals surface area (Å²) in [7, 11) is 0. The monoisotopic (exact) mass is 382 g/mol. The van der Waals surface area contributed by atoms with Gasteiger partial charge in [-0.1, -0.05) is 11.6 Å². The normalized spacial score (nSPS) is 16.1. The Kier molecular flexibility index (Phi) is 7.43. The van der Waals surface area contributed by atoms with Crippen LogP contribution >= 0.6 is 11.6 Å². The van der Waals surface area contributed by atoms with Crippen molar-refractivity contribution in [2.24, 2.45) is 10.7 Å². The summed E-state index contributed by atoms with van der Waals surface area (Å²) in [5.74, 6) is -0.329. The van der Waals surface area contributed by atoms with Gasteiger partial charge in [-0.05, 0) is 36.4 Å². The standard InChI is InChI=1S/C12H8ClFN2O.C5H9FN2O/c13-8-1-6-11(15-7-8)12(17)16-10-4-2-9(14)3-5-10;6-1-4-2-9-3-5(7)8-4/h1-7H,(H,16,17);4H,1-3H2,(H2,7,8). The molecule has 2 heterocycles. The fourth-order valence-corrected chi connectivity index (χ4v) is 2.04. The third-order valence-electron chi connectivity index (χ3n) is 3.15. The van der Waals surface area contributed by atoms with Crippen LogP contribution in [0.5, 0.6) is 0 Å². The summed E-state index contributed by atoms with van der Waals surface area (Å²) in [5.41, 5.74) is 6.02. The van der Waals surface area contributed by atoms with E-state index in [4.69, 9.17) is 22.1 Å². The second-order valence-electron chi connectivity index (χ2n) is 5.27. The highest BCUT2D eigenvalue weighted by atomic mass is 35.5. The van der Waals surface area contributed by atoms with Crippen LogP contribution in [0.4, 0.5) is 14.5 Å². The maximum atomic E-state index is 12.7. The number of pyridine rings is 1. The number of nitrogens with one attached hydrogen (secondary N) is 1. The number of benzene rings is 1. The molecule has 0 radical (unpaired) electrons. The van der Waals surface area contributed by atoms with E-state index in [9.17, 15) is 13.6 Å². The molecule has 2 aromatic rings. The minimum Gasteiger partial charge on any atom is -0.386 e. The molecule has 0 bridgehead atoms. The third-order valence-corrected chi connectivity index (χ3v) is 3.37. The molecule has 1 unspecified atom stereocenters. The zero-order valence-corrected chi connectivity index (χ0v) is 14.4. The van der Waals surface area contributed by atoms with E-state index in [1.807, 2.05) is 0 Å². The van der Waals surface area contributed by atoms with Crippen LogP contribution in [0.2, 0.25) is 5.02 Å². The SMILES string of the molecule is NC1=NC(CF)COC1.O=C(Nc1ccc(F)cc1)c1ccc(Cl)cn1. The Labute approximate surface area is 154 Å². The van der Waals surface area contributed by atoms with E-state index in [2.05, 4.69) is 15.3 Å². The molecule has 0 saturated carbocycles. The molecule has 3 rings (SSSR count). The van der Waals surface area contributed by atoms with Crippen LogP contribution in [0, 0.1) is 5.82 Å². The van der Waals surface area contributed by atoms with Gasteiger partial charge >= 0.3 is 0 Å². The summed E-state index contributed by atoms with van der Waals surface area (Å²) in [6.07, 6.45) is 1.39. The Hall–Kier alpha value is -2.58. The van der Waals surface area contributed by atoms with Crippen LogP contribution in [0.3, 0.4) is 0 Å². The Morgan fingerprint density at radius 2 is 2.04 bits per heavy atom. The van der Waals surface area contributed by atoms with Crippen molar-refractivity contribution in [2.45, 2.75) is 6.04 Å². The first-order valence-corrected chi connectivity index (χ1v) is 8.00. The Morgan fingerprint density at radius 3 is 2.58 bits per heavy atom. The third kappa shape index (κ3) is 6.38. The lowest BCUT2D eigenvalue weighted by molar-refractivity contribution is 0.102. The largest absolute Gasteiger partial charge is 0.386 e. The predicted molar refractivity (Wildman–Crippen MR) is 95.8 cm³/mol. The van der Waals surface area contributed by atoms with E-state index in [1.54, 1.807) is 6.07 Å². The van der Waals surface area contributed by atoms with Crippen LogP contribution in [-0.4, -0.2) is 42.7 Å². The maximum Gasteiger partial charge on any atom is 0.274 e. The van der Waals surface area contributed by atoms with Crippen molar-refractivity contribution < 1.29 is 18.3 Å². The van der Waals surface area contributed by atoms with Gasteiger partial charge in [-0.2, -0.15) is 0 Å². The number of ether oxygens (including phenoxy) is 1. The number of carbonyl (C=O) groups is 1. The van der Waals surface area contributed by atoms with Gasteiger partial charge in [0.15, 0.2) is 0 Å². The minimum absolute atomic E-state index is 0.249. The number of aromatic nitrogens is 1. The van der Waals surface area contributed by atoms with Crippen molar-refractivity contribution in [3.8, 4) is 0 Å². The number of nitrogens with zero attached hydrogens (tertiary/aromatic N) is 2. The molecule has 9 heteroatoms. The van der Waals surface area contributed by atoms with E-state index in [0.717, 1.165) is 0 Å². The lowest BCUT2D eigenvalue weighted by Crippen LogP contribution is -2.31. The number of amidine groups is 1. The Morgan fingerprint density at radius 1 is 1.31 bits per heavy atom. The van der Waals surface area contributed by atoms with Gasteiger partial charge in [-0.3, -0.25) is 9.79 Å². The molecule has 0 aliphatic carbocycles. The first kappa shape index (κ1) is 19.7. The average Bonchev–Trinajstić information content (AvgIpc) is 2.64. The minimum atomic E-state index is -0.485. The molecule has 6 nitrogen and oxygen atoms in total. The van der Waals surface area contributed by atoms with Gasteiger partial charge in [-0.15, -0.1) is 0 Å². The molecule has 0 fully saturated rings. The number of aliphatic imine (C=N–C) groups is 1. The Balaban J connectivity index is 0.000000228. The van der Waals surface area contributed by atoms with Crippen molar-refractivity contribution >= 4 is 29.0 Å². The van der Waals surface area contributed by atoms with Crippen LogP contribution in [-0.2, 0) is 4.74 Å². The van der Waals surface area contributed by atoms with Crippen molar-refractivity contribution in [2.75, 3.05) is 25.2 Å². The molecule has 1 aromatic carbocycles. The molecule has 0 saturated heterocycles. The fourth-order valence-electron chi connectivity index (χ4n) is 1.93. The number of hydrogen-bond acceptors (Lipinski definition) is 5. The smallest absolute Gasteiger partial charge is 0.274 e. The number of nitrogens with two attached hydrogens (primary N) is 1. The van der Waals surface area contributed by atoms with Gasteiger partial charge in [0.1, 0.15) is 36.7 Å². The molecular weight excluding hydrogens is 366 g/mol. The predicted octanol–water partition coefficient (Wildman–Crippen LogP) is 2.84. The van der Waals surface area contributed by atoms with E-state index in [-0.39, 0.29) is 23.5 Å². The van der Waals surface area contributed by atoms with Crippen molar-refractivity contribution in [3.05, 3.63) is 59.1 Å². The summed E-state index contributed by atoms with van der Waals surface area (Å²) < 4.78 is 29.4. The molecule has 1 aliphatic rings. The van der Waals surface area contributed by atoms with Gasteiger partial charge in [0.25, 0.3) is 5.91 Å². The number of hydrogen-bond donors (Lipinski definition) is 2. The van der Waals surface area contributed by atoms with Gasteiger partial charge in [0.2, 0.25) is 0 Å². The highest BCUT2D eigenvalue weighted by Gasteiger charge is 2.12. The molecule has 26 heavy (non-hydrogen) atoms. The van der Waals surface area contributed by atoms with E-state index in [1.165, 1.54) is 36.5 Å².